The third-order valence-corrected chi connectivity index (χ3v) is 6.23. The average Bonchev–Trinajstić information content (AvgIpc) is 2.70. The van der Waals surface area contributed by atoms with Crippen LogP contribution < -0.4 is 0 Å². The minimum atomic E-state index is -1.02. The topological polar surface area (TPSA) is 66.8 Å². The number of phenols is 1. The molecule has 0 aromatic heterocycles. The molecule has 0 saturated heterocycles. The summed E-state index contributed by atoms with van der Waals surface area (Å²) >= 11 is 0. The molecule has 33 heavy (non-hydrogen) atoms. The van der Waals surface area contributed by atoms with E-state index in [1.54, 1.807) is 0 Å². The van der Waals surface area contributed by atoms with Crippen LogP contribution in [0.1, 0.15) is 136 Å². The SMILES string of the molecule is CCCCCCCCCCCC(O)OC(=O)CCc1cc(C(C)(C)C)c(O)c(C(C)(C)C)c1. The smallest absolute Gasteiger partial charge is 0.308 e. The van der Waals surface area contributed by atoms with E-state index < -0.39 is 6.29 Å². The van der Waals surface area contributed by atoms with Crippen molar-refractivity contribution in [1.29, 1.82) is 0 Å². The number of benzene rings is 1. The first-order chi connectivity index (χ1) is 15.4. The van der Waals surface area contributed by atoms with Crippen molar-refractivity contribution in [2.45, 2.75) is 143 Å². The molecule has 0 aliphatic carbocycles. The fourth-order valence-corrected chi connectivity index (χ4v) is 4.13. The molecule has 0 fully saturated rings. The summed E-state index contributed by atoms with van der Waals surface area (Å²) in [5.74, 6) is -0.0289. The average molecular weight is 463 g/mol. The van der Waals surface area contributed by atoms with Crippen molar-refractivity contribution in [3.8, 4) is 5.75 Å². The van der Waals surface area contributed by atoms with Crippen LogP contribution in [0.25, 0.3) is 0 Å². The molecule has 1 aromatic carbocycles. The molecule has 0 aliphatic rings. The van der Waals surface area contributed by atoms with Gasteiger partial charge in [-0.1, -0.05) is 112 Å². The third kappa shape index (κ3) is 11.4. The van der Waals surface area contributed by atoms with Gasteiger partial charge in [0.15, 0.2) is 0 Å². The van der Waals surface area contributed by atoms with Gasteiger partial charge in [0.25, 0.3) is 0 Å². The predicted molar refractivity (Wildman–Crippen MR) is 138 cm³/mol. The van der Waals surface area contributed by atoms with Crippen LogP contribution in [0.5, 0.6) is 5.75 Å². The van der Waals surface area contributed by atoms with Gasteiger partial charge in [-0.3, -0.25) is 4.79 Å². The molecule has 4 heteroatoms. The fourth-order valence-electron chi connectivity index (χ4n) is 4.13. The molecule has 2 N–H and O–H groups in total. The second-order valence-electron chi connectivity index (χ2n) is 11.6. The van der Waals surface area contributed by atoms with Crippen LogP contribution in [-0.2, 0) is 26.8 Å². The minimum Gasteiger partial charge on any atom is -0.507 e. The van der Waals surface area contributed by atoms with Crippen molar-refractivity contribution in [2.75, 3.05) is 0 Å². The number of ether oxygens (including phenoxy) is 1. The molecular formula is C29H50O4. The summed E-state index contributed by atoms with van der Waals surface area (Å²) in [5, 5.41) is 20.9. The Balaban J connectivity index is 2.47. The molecule has 0 radical (unpaired) electrons. The van der Waals surface area contributed by atoms with E-state index in [0.29, 0.717) is 18.6 Å². The summed E-state index contributed by atoms with van der Waals surface area (Å²) in [6.45, 7) is 14.7. The zero-order valence-electron chi connectivity index (χ0n) is 22.4. The summed E-state index contributed by atoms with van der Waals surface area (Å²) in [7, 11) is 0. The molecule has 0 heterocycles. The molecule has 0 spiro atoms. The lowest BCUT2D eigenvalue weighted by atomic mass is 9.78. The molecule has 0 aliphatic heterocycles. The lowest BCUT2D eigenvalue weighted by Gasteiger charge is -2.28. The third-order valence-electron chi connectivity index (χ3n) is 6.23. The Morgan fingerprint density at radius 1 is 0.848 bits per heavy atom. The number of phenolic OH excluding ortho intramolecular Hbond substituents is 1. The van der Waals surface area contributed by atoms with E-state index >= 15 is 0 Å². The second kappa shape index (κ2) is 14.0. The van der Waals surface area contributed by atoms with E-state index in [2.05, 4.69) is 48.5 Å². The second-order valence-corrected chi connectivity index (χ2v) is 11.6. The van der Waals surface area contributed by atoms with Gasteiger partial charge in [0.1, 0.15) is 5.75 Å². The zero-order chi connectivity index (χ0) is 25.1. The Hall–Kier alpha value is -1.55. The molecule has 0 saturated carbocycles. The summed E-state index contributed by atoms with van der Waals surface area (Å²) in [5.41, 5.74) is 2.39. The highest BCUT2D eigenvalue weighted by molar-refractivity contribution is 5.70. The first-order valence-corrected chi connectivity index (χ1v) is 13.1. The summed E-state index contributed by atoms with van der Waals surface area (Å²) in [4.78, 5) is 12.3. The van der Waals surface area contributed by atoms with Crippen molar-refractivity contribution in [3.05, 3.63) is 28.8 Å². The Morgan fingerprint density at radius 3 is 1.76 bits per heavy atom. The van der Waals surface area contributed by atoms with Crippen LogP contribution in [0.2, 0.25) is 0 Å². The van der Waals surface area contributed by atoms with Crippen molar-refractivity contribution < 1.29 is 19.7 Å². The van der Waals surface area contributed by atoms with Crippen LogP contribution in [0.15, 0.2) is 12.1 Å². The maximum absolute atomic E-state index is 12.3. The number of aromatic hydroxyl groups is 1. The normalized spacial score (nSPS) is 13.2. The van der Waals surface area contributed by atoms with Gasteiger partial charge in [0.2, 0.25) is 6.29 Å². The van der Waals surface area contributed by atoms with Gasteiger partial charge in [-0.25, -0.2) is 0 Å². The number of unbranched alkanes of at least 4 members (excludes halogenated alkanes) is 8. The summed E-state index contributed by atoms with van der Waals surface area (Å²) < 4.78 is 5.23. The number of carbonyl (C=O) groups is 1. The maximum Gasteiger partial charge on any atom is 0.308 e. The van der Waals surface area contributed by atoms with Crippen LogP contribution in [0.4, 0.5) is 0 Å². The number of hydrogen-bond acceptors (Lipinski definition) is 4. The zero-order valence-corrected chi connectivity index (χ0v) is 22.4. The lowest BCUT2D eigenvalue weighted by Crippen LogP contribution is -2.19. The largest absolute Gasteiger partial charge is 0.507 e. The van der Waals surface area contributed by atoms with Crippen molar-refractivity contribution in [2.24, 2.45) is 0 Å². The summed E-state index contributed by atoms with van der Waals surface area (Å²) in [6.07, 6.45) is 11.2. The van der Waals surface area contributed by atoms with E-state index in [9.17, 15) is 15.0 Å². The van der Waals surface area contributed by atoms with E-state index in [-0.39, 0.29) is 23.2 Å². The molecule has 0 bridgehead atoms. The predicted octanol–water partition coefficient (Wildman–Crippen LogP) is 7.70. The van der Waals surface area contributed by atoms with Crippen molar-refractivity contribution >= 4 is 5.97 Å². The van der Waals surface area contributed by atoms with E-state index in [1.807, 2.05) is 12.1 Å². The quantitative estimate of drug-likeness (QED) is 0.169. The molecule has 1 rings (SSSR count). The molecule has 1 atom stereocenters. The molecule has 190 valence electrons. The maximum atomic E-state index is 12.3. The monoisotopic (exact) mass is 462 g/mol. The van der Waals surface area contributed by atoms with Crippen LogP contribution in [-0.4, -0.2) is 22.5 Å². The number of aryl methyl sites for hydroxylation is 1. The van der Waals surface area contributed by atoms with Crippen LogP contribution in [0, 0.1) is 0 Å². The van der Waals surface area contributed by atoms with Crippen molar-refractivity contribution in [3.63, 3.8) is 0 Å². The van der Waals surface area contributed by atoms with E-state index in [4.69, 9.17) is 4.74 Å². The molecule has 0 amide bonds. The standard InChI is InChI=1S/C29H50O4/c1-8-9-10-11-12-13-14-15-16-17-25(30)33-26(31)19-18-22-20-23(28(2,3)4)27(32)24(21-22)29(5,6)7/h20-21,25,30,32H,8-19H2,1-7H3. The Morgan fingerprint density at radius 2 is 1.30 bits per heavy atom. The molecular weight excluding hydrogens is 412 g/mol. The lowest BCUT2D eigenvalue weighted by molar-refractivity contribution is -0.168. The van der Waals surface area contributed by atoms with Gasteiger partial charge in [-0.15, -0.1) is 0 Å². The highest BCUT2D eigenvalue weighted by atomic mass is 16.6. The van der Waals surface area contributed by atoms with E-state index in [0.717, 1.165) is 29.5 Å². The van der Waals surface area contributed by atoms with Crippen LogP contribution in [0.3, 0.4) is 0 Å². The first kappa shape index (κ1) is 29.5. The minimum absolute atomic E-state index is 0.202. The molecule has 1 unspecified atom stereocenters. The van der Waals surface area contributed by atoms with E-state index in [1.165, 1.54) is 44.9 Å². The van der Waals surface area contributed by atoms with Gasteiger partial charge >= 0.3 is 5.97 Å². The fraction of sp³-hybridized carbons (Fsp3) is 0.759. The molecule has 1 aromatic rings. The van der Waals surface area contributed by atoms with Gasteiger partial charge < -0.3 is 14.9 Å². The highest BCUT2D eigenvalue weighted by Gasteiger charge is 2.26. The Kier molecular flexibility index (Phi) is 12.5. The number of carbonyl (C=O) groups excluding carboxylic acids is 1. The van der Waals surface area contributed by atoms with Crippen LogP contribution >= 0.6 is 0 Å². The van der Waals surface area contributed by atoms with Gasteiger partial charge in [0.05, 0.1) is 0 Å². The van der Waals surface area contributed by atoms with Gasteiger partial charge in [-0.2, -0.15) is 0 Å². The molecule has 4 nitrogen and oxygen atoms in total. The van der Waals surface area contributed by atoms with Crippen molar-refractivity contribution in [1.82, 2.24) is 0 Å². The number of rotatable bonds is 14. The van der Waals surface area contributed by atoms with Gasteiger partial charge in [-0.05, 0) is 40.4 Å². The number of esters is 1. The number of hydrogen-bond donors (Lipinski definition) is 2. The Bertz CT molecular complexity index is 674. The van der Waals surface area contributed by atoms with Gasteiger partial charge in [0, 0.05) is 12.8 Å². The summed E-state index contributed by atoms with van der Waals surface area (Å²) in [6, 6.07) is 3.99. The highest BCUT2D eigenvalue weighted by Crippen LogP contribution is 2.40. The number of aliphatic hydroxyl groups is 1. The first-order valence-electron chi connectivity index (χ1n) is 13.1. The Labute approximate surface area is 203 Å². The number of aliphatic hydroxyl groups excluding tert-OH is 1.